The van der Waals surface area contributed by atoms with Gasteiger partial charge in [-0.2, -0.15) is 5.10 Å². The van der Waals surface area contributed by atoms with Crippen molar-refractivity contribution in [2.24, 2.45) is 13.0 Å². The van der Waals surface area contributed by atoms with Gasteiger partial charge in [0.05, 0.1) is 6.54 Å². The molecule has 1 aliphatic rings. The van der Waals surface area contributed by atoms with Gasteiger partial charge in [-0.3, -0.25) is 14.3 Å². The molecule has 1 aliphatic carbocycles. The highest BCUT2D eigenvalue weighted by molar-refractivity contribution is 7.09. The van der Waals surface area contributed by atoms with Crippen LogP contribution in [-0.2, 0) is 18.4 Å². The molecule has 2 heterocycles. The minimum absolute atomic E-state index is 0.00328. The maximum absolute atomic E-state index is 12.0. The fourth-order valence-corrected chi connectivity index (χ4v) is 2.58. The maximum atomic E-state index is 12.0. The topological polar surface area (TPSA) is 76.0 Å². The summed E-state index contributed by atoms with van der Waals surface area (Å²) in [6, 6.07) is 5.51. The van der Waals surface area contributed by atoms with Gasteiger partial charge >= 0.3 is 0 Å². The molecule has 0 bridgehead atoms. The van der Waals surface area contributed by atoms with Crippen LogP contribution >= 0.6 is 11.3 Å². The number of aromatic nitrogens is 2. The van der Waals surface area contributed by atoms with Gasteiger partial charge in [0, 0.05) is 23.9 Å². The molecule has 1 saturated carbocycles. The Hall–Kier alpha value is -2.15. The highest BCUT2D eigenvalue weighted by atomic mass is 32.1. The van der Waals surface area contributed by atoms with E-state index in [1.165, 1.54) is 4.68 Å². The third kappa shape index (κ3) is 3.30. The number of aryl methyl sites for hydroxylation is 1. The second-order valence-electron chi connectivity index (χ2n) is 5.06. The molecule has 21 heavy (non-hydrogen) atoms. The summed E-state index contributed by atoms with van der Waals surface area (Å²) in [5, 5.41) is 11.7. The zero-order valence-corrected chi connectivity index (χ0v) is 12.4. The average molecular weight is 304 g/mol. The van der Waals surface area contributed by atoms with Gasteiger partial charge < -0.3 is 10.6 Å². The van der Waals surface area contributed by atoms with Gasteiger partial charge in [0.2, 0.25) is 5.91 Å². The van der Waals surface area contributed by atoms with Gasteiger partial charge in [0.25, 0.3) is 5.91 Å². The predicted molar refractivity (Wildman–Crippen MR) is 80.1 cm³/mol. The molecule has 0 spiro atoms. The van der Waals surface area contributed by atoms with Gasteiger partial charge in [-0.1, -0.05) is 6.07 Å². The van der Waals surface area contributed by atoms with Crippen LogP contribution in [0.15, 0.2) is 23.6 Å². The fourth-order valence-electron chi connectivity index (χ4n) is 1.94. The molecule has 2 aromatic rings. The zero-order valence-electron chi connectivity index (χ0n) is 11.6. The first-order valence-corrected chi connectivity index (χ1v) is 7.67. The Morgan fingerprint density at radius 2 is 2.29 bits per heavy atom. The number of rotatable bonds is 5. The van der Waals surface area contributed by atoms with Crippen molar-refractivity contribution >= 4 is 29.0 Å². The Morgan fingerprint density at radius 1 is 1.48 bits per heavy atom. The predicted octanol–water partition coefficient (Wildman–Crippen LogP) is 1.76. The first-order valence-electron chi connectivity index (χ1n) is 6.79. The number of carbonyl (C=O) groups is 2. The lowest BCUT2D eigenvalue weighted by molar-refractivity contribution is -0.117. The lowest BCUT2D eigenvalue weighted by Gasteiger charge is -2.02. The molecule has 0 aromatic carbocycles. The number of thiophene rings is 1. The van der Waals surface area contributed by atoms with Crippen LogP contribution in [0.1, 0.15) is 28.2 Å². The molecular weight excluding hydrogens is 288 g/mol. The van der Waals surface area contributed by atoms with E-state index >= 15 is 0 Å². The van der Waals surface area contributed by atoms with Gasteiger partial charge in [-0.25, -0.2) is 0 Å². The van der Waals surface area contributed by atoms with Crippen LogP contribution in [0.2, 0.25) is 0 Å². The Labute approximate surface area is 126 Å². The van der Waals surface area contributed by atoms with Gasteiger partial charge in [0.15, 0.2) is 5.69 Å². The van der Waals surface area contributed by atoms with Gasteiger partial charge in [-0.05, 0) is 24.3 Å². The van der Waals surface area contributed by atoms with Crippen molar-refractivity contribution in [3.05, 3.63) is 34.2 Å². The Balaban J connectivity index is 1.62. The number of carbonyl (C=O) groups excluding carboxylic acids is 2. The minimum atomic E-state index is -0.245. The summed E-state index contributed by atoms with van der Waals surface area (Å²) in [6.07, 6.45) is 1.88. The molecule has 0 aliphatic heterocycles. The van der Waals surface area contributed by atoms with Crippen molar-refractivity contribution in [1.82, 2.24) is 15.1 Å². The second-order valence-corrected chi connectivity index (χ2v) is 6.10. The Bertz CT molecular complexity index is 659. The number of anilines is 1. The Kier molecular flexibility index (Phi) is 3.74. The van der Waals surface area contributed by atoms with Crippen LogP contribution in [-0.4, -0.2) is 21.6 Å². The summed E-state index contributed by atoms with van der Waals surface area (Å²) in [7, 11) is 1.71. The van der Waals surface area contributed by atoms with Crippen molar-refractivity contribution in [3.8, 4) is 0 Å². The molecule has 0 saturated heterocycles. The quantitative estimate of drug-likeness (QED) is 0.883. The van der Waals surface area contributed by atoms with Crippen molar-refractivity contribution in [2.45, 2.75) is 19.4 Å². The molecule has 7 heteroatoms. The number of nitrogens with one attached hydrogen (secondary N) is 2. The van der Waals surface area contributed by atoms with E-state index in [1.807, 2.05) is 17.5 Å². The van der Waals surface area contributed by atoms with Crippen LogP contribution in [0.4, 0.5) is 5.82 Å². The highest BCUT2D eigenvalue weighted by Gasteiger charge is 2.30. The summed E-state index contributed by atoms with van der Waals surface area (Å²) < 4.78 is 1.51. The number of hydrogen-bond donors (Lipinski definition) is 2. The summed E-state index contributed by atoms with van der Waals surface area (Å²) in [6.45, 7) is 0.483. The Morgan fingerprint density at radius 3 is 2.95 bits per heavy atom. The van der Waals surface area contributed by atoms with Crippen LogP contribution in [0.3, 0.4) is 0 Å². The summed E-state index contributed by atoms with van der Waals surface area (Å²) in [5.41, 5.74) is 0.306. The SMILES string of the molecule is Cn1nc(C(=O)NCc2cccs2)cc1NC(=O)C1CC1. The molecule has 6 nitrogen and oxygen atoms in total. The normalized spacial score (nSPS) is 14.0. The number of nitrogens with zero attached hydrogens (tertiary/aromatic N) is 2. The summed E-state index contributed by atoms with van der Waals surface area (Å²) in [4.78, 5) is 24.9. The molecule has 0 atom stereocenters. The van der Waals surface area contributed by atoms with Crippen LogP contribution in [0.25, 0.3) is 0 Å². The van der Waals surface area contributed by atoms with Gasteiger partial charge in [0.1, 0.15) is 5.82 Å². The van der Waals surface area contributed by atoms with Crippen molar-refractivity contribution < 1.29 is 9.59 Å². The van der Waals surface area contributed by atoms with E-state index < -0.39 is 0 Å². The smallest absolute Gasteiger partial charge is 0.272 e. The second kappa shape index (κ2) is 5.69. The lowest BCUT2D eigenvalue weighted by atomic mass is 10.3. The fraction of sp³-hybridized carbons (Fsp3) is 0.357. The molecule has 2 aromatic heterocycles. The van der Waals surface area contributed by atoms with Crippen molar-refractivity contribution in [2.75, 3.05) is 5.32 Å². The lowest BCUT2D eigenvalue weighted by Crippen LogP contribution is -2.22. The molecular formula is C14H16N4O2S. The minimum Gasteiger partial charge on any atom is -0.346 e. The van der Waals surface area contributed by atoms with E-state index in [1.54, 1.807) is 24.5 Å². The molecule has 2 N–H and O–H groups in total. The van der Waals surface area contributed by atoms with Crippen LogP contribution in [0.5, 0.6) is 0 Å². The summed E-state index contributed by atoms with van der Waals surface area (Å²) in [5.74, 6) is 0.429. The molecule has 0 unspecified atom stereocenters. The van der Waals surface area contributed by atoms with Crippen LogP contribution in [0, 0.1) is 5.92 Å². The molecule has 2 amide bonds. The van der Waals surface area contributed by atoms with Gasteiger partial charge in [-0.15, -0.1) is 11.3 Å². The molecule has 110 valence electrons. The standard InChI is InChI=1S/C14H16N4O2S/c1-18-12(16-13(19)9-4-5-9)7-11(17-18)14(20)15-8-10-3-2-6-21-10/h2-3,6-7,9H,4-5,8H2,1H3,(H,15,20)(H,16,19). The van der Waals surface area contributed by atoms with E-state index in [0.717, 1.165) is 17.7 Å². The van der Waals surface area contributed by atoms with E-state index in [9.17, 15) is 9.59 Å². The summed E-state index contributed by atoms with van der Waals surface area (Å²) >= 11 is 1.59. The largest absolute Gasteiger partial charge is 0.346 e. The molecule has 0 radical (unpaired) electrons. The first kappa shape index (κ1) is 13.8. The van der Waals surface area contributed by atoms with E-state index in [0.29, 0.717) is 18.1 Å². The third-order valence-corrected chi connectivity index (χ3v) is 4.19. The molecule has 3 rings (SSSR count). The van der Waals surface area contributed by atoms with E-state index in [4.69, 9.17) is 0 Å². The molecule has 1 fully saturated rings. The van der Waals surface area contributed by atoms with Crippen molar-refractivity contribution in [3.63, 3.8) is 0 Å². The van der Waals surface area contributed by atoms with E-state index in [2.05, 4.69) is 15.7 Å². The first-order chi connectivity index (χ1) is 10.1. The highest BCUT2D eigenvalue weighted by Crippen LogP contribution is 2.30. The number of amides is 2. The van der Waals surface area contributed by atoms with Crippen LogP contribution < -0.4 is 10.6 Å². The zero-order chi connectivity index (χ0) is 14.8. The number of hydrogen-bond acceptors (Lipinski definition) is 4. The average Bonchev–Trinajstić information content (AvgIpc) is 3.08. The monoisotopic (exact) mass is 304 g/mol. The third-order valence-electron chi connectivity index (χ3n) is 3.32. The van der Waals surface area contributed by atoms with E-state index in [-0.39, 0.29) is 17.7 Å². The van der Waals surface area contributed by atoms with Crippen molar-refractivity contribution in [1.29, 1.82) is 0 Å². The maximum Gasteiger partial charge on any atom is 0.272 e.